The number of amides is 1. The van der Waals surface area contributed by atoms with Gasteiger partial charge in [-0.2, -0.15) is 0 Å². The van der Waals surface area contributed by atoms with Gasteiger partial charge in [-0.15, -0.1) is 0 Å². The van der Waals surface area contributed by atoms with E-state index in [1.807, 2.05) is 38.1 Å². The van der Waals surface area contributed by atoms with Crippen LogP contribution in [0.15, 0.2) is 24.3 Å². The van der Waals surface area contributed by atoms with E-state index in [9.17, 15) is 9.59 Å². The Morgan fingerprint density at radius 3 is 2.67 bits per heavy atom. The predicted molar refractivity (Wildman–Crippen MR) is 106 cm³/mol. The molecule has 1 aromatic heterocycles. The molecule has 1 N–H and O–H groups in total. The van der Waals surface area contributed by atoms with Crippen molar-refractivity contribution in [2.24, 2.45) is 5.92 Å². The summed E-state index contributed by atoms with van der Waals surface area (Å²) in [7, 11) is 0. The van der Waals surface area contributed by atoms with Crippen molar-refractivity contribution in [2.45, 2.75) is 52.4 Å². The van der Waals surface area contributed by atoms with Gasteiger partial charge in [0.2, 0.25) is 0 Å². The van der Waals surface area contributed by atoms with Crippen molar-refractivity contribution in [3.05, 3.63) is 41.1 Å². The summed E-state index contributed by atoms with van der Waals surface area (Å²) in [4.78, 5) is 29.4. The van der Waals surface area contributed by atoms with Crippen LogP contribution in [0.3, 0.4) is 0 Å². The van der Waals surface area contributed by atoms with Crippen LogP contribution in [0, 0.1) is 12.8 Å². The number of rotatable bonds is 6. The van der Waals surface area contributed by atoms with Gasteiger partial charge in [-0.25, -0.2) is 4.79 Å². The Morgan fingerprint density at radius 2 is 1.93 bits per heavy atom. The Balaban J connectivity index is 1.65. The molecule has 0 atom stereocenters. The number of nitrogens with one attached hydrogen (secondary N) is 1. The minimum absolute atomic E-state index is 0.236. The fourth-order valence-electron chi connectivity index (χ4n) is 3.87. The van der Waals surface area contributed by atoms with Gasteiger partial charge in [-0.05, 0) is 43.7 Å². The van der Waals surface area contributed by atoms with Crippen molar-refractivity contribution in [1.82, 2.24) is 10.3 Å². The number of esters is 1. The number of aryl methyl sites for hydroxylation is 1. The van der Waals surface area contributed by atoms with Crippen molar-refractivity contribution >= 4 is 22.8 Å². The smallest absolute Gasteiger partial charge is 0.339 e. The number of nitrogens with zero attached hydrogens (tertiary/aromatic N) is 1. The second-order valence-corrected chi connectivity index (χ2v) is 7.31. The predicted octanol–water partition coefficient (Wildman–Crippen LogP) is 3.96. The lowest BCUT2D eigenvalue weighted by Gasteiger charge is -2.21. The van der Waals surface area contributed by atoms with E-state index in [0.29, 0.717) is 18.0 Å². The molecule has 0 radical (unpaired) electrons. The lowest BCUT2D eigenvalue weighted by atomic mass is 9.89. The molecule has 0 unspecified atom stereocenters. The molecule has 5 heteroatoms. The van der Waals surface area contributed by atoms with E-state index in [4.69, 9.17) is 4.74 Å². The van der Waals surface area contributed by atoms with E-state index < -0.39 is 5.97 Å². The van der Waals surface area contributed by atoms with Crippen molar-refractivity contribution in [2.75, 3.05) is 13.2 Å². The van der Waals surface area contributed by atoms with Crippen LogP contribution >= 0.6 is 0 Å². The Hall–Kier alpha value is -2.43. The number of carbonyl (C=O) groups excluding carboxylic acids is 2. The fourth-order valence-corrected chi connectivity index (χ4v) is 3.87. The number of aromatic nitrogens is 1. The third-order valence-electron chi connectivity index (χ3n) is 5.42. The lowest BCUT2D eigenvalue weighted by Crippen LogP contribution is -2.33. The van der Waals surface area contributed by atoms with Crippen LogP contribution in [0.2, 0.25) is 0 Å². The summed E-state index contributed by atoms with van der Waals surface area (Å²) >= 11 is 0. The molecule has 144 valence electrons. The second-order valence-electron chi connectivity index (χ2n) is 7.31. The standard InChI is InChI=1S/C22H28N2O3/c1-3-18-15(2)21(17-11-7-8-12-19(17)24-18)22(26)27-14-20(25)23-13-16-9-5-4-6-10-16/h7-8,11-12,16H,3-6,9-10,13-14H2,1-2H3,(H,23,25). The zero-order valence-corrected chi connectivity index (χ0v) is 16.2. The number of benzene rings is 1. The van der Waals surface area contributed by atoms with Crippen molar-refractivity contribution in [3.63, 3.8) is 0 Å². The number of fused-ring (bicyclic) bond motifs is 1. The highest BCUT2D eigenvalue weighted by molar-refractivity contribution is 6.05. The summed E-state index contributed by atoms with van der Waals surface area (Å²) in [6.45, 7) is 4.33. The van der Waals surface area contributed by atoms with Gasteiger partial charge in [0.05, 0.1) is 11.1 Å². The molecule has 3 rings (SSSR count). The van der Waals surface area contributed by atoms with Crippen LogP contribution in [0.1, 0.15) is 60.6 Å². The first-order chi connectivity index (χ1) is 13.1. The molecule has 1 amide bonds. The minimum atomic E-state index is -0.464. The van der Waals surface area contributed by atoms with Crippen LogP contribution in [-0.4, -0.2) is 30.0 Å². The zero-order chi connectivity index (χ0) is 19.2. The van der Waals surface area contributed by atoms with Crippen molar-refractivity contribution in [1.29, 1.82) is 0 Å². The maximum absolute atomic E-state index is 12.7. The highest BCUT2D eigenvalue weighted by atomic mass is 16.5. The molecule has 1 aromatic carbocycles. The molecule has 0 spiro atoms. The Labute approximate surface area is 160 Å². The number of ether oxygens (including phenoxy) is 1. The van der Waals surface area contributed by atoms with E-state index in [0.717, 1.165) is 28.6 Å². The van der Waals surface area contributed by atoms with Gasteiger partial charge >= 0.3 is 5.97 Å². The Bertz CT molecular complexity index is 826. The summed E-state index contributed by atoms with van der Waals surface area (Å²) in [5, 5.41) is 3.67. The topological polar surface area (TPSA) is 68.3 Å². The summed E-state index contributed by atoms with van der Waals surface area (Å²) in [6, 6.07) is 7.54. The van der Waals surface area contributed by atoms with Crippen LogP contribution in [0.5, 0.6) is 0 Å². The first-order valence-electron chi connectivity index (χ1n) is 9.92. The van der Waals surface area contributed by atoms with E-state index in [-0.39, 0.29) is 12.5 Å². The Kier molecular flexibility index (Phi) is 6.43. The van der Waals surface area contributed by atoms with E-state index in [1.165, 1.54) is 32.1 Å². The highest BCUT2D eigenvalue weighted by Gasteiger charge is 2.20. The minimum Gasteiger partial charge on any atom is -0.452 e. The van der Waals surface area contributed by atoms with E-state index in [2.05, 4.69) is 10.3 Å². The second kappa shape index (κ2) is 8.98. The third-order valence-corrected chi connectivity index (χ3v) is 5.42. The van der Waals surface area contributed by atoms with Gasteiger partial charge in [-0.1, -0.05) is 44.4 Å². The first-order valence-corrected chi connectivity index (χ1v) is 9.92. The molecule has 2 aromatic rings. The van der Waals surface area contributed by atoms with Crippen LogP contribution in [-0.2, 0) is 16.0 Å². The molecule has 0 aliphatic heterocycles. The number of para-hydroxylation sites is 1. The Morgan fingerprint density at radius 1 is 1.19 bits per heavy atom. The first kappa shape index (κ1) is 19.3. The number of pyridine rings is 1. The van der Waals surface area contributed by atoms with Crippen LogP contribution in [0.25, 0.3) is 10.9 Å². The van der Waals surface area contributed by atoms with Gasteiger partial charge in [0.15, 0.2) is 6.61 Å². The molecule has 5 nitrogen and oxygen atoms in total. The average Bonchev–Trinajstić information content (AvgIpc) is 2.70. The molecular formula is C22H28N2O3. The number of hydrogen-bond donors (Lipinski definition) is 1. The maximum atomic E-state index is 12.7. The molecule has 1 aliphatic rings. The molecule has 1 aliphatic carbocycles. The van der Waals surface area contributed by atoms with Gasteiger partial charge in [0.25, 0.3) is 5.91 Å². The highest BCUT2D eigenvalue weighted by Crippen LogP contribution is 2.24. The quantitative estimate of drug-likeness (QED) is 0.784. The third kappa shape index (κ3) is 4.65. The lowest BCUT2D eigenvalue weighted by molar-refractivity contribution is -0.124. The normalized spacial score (nSPS) is 14.9. The molecule has 0 bridgehead atoms. The molecule has 27 heavy (non-hydrogen) atoms. The SMILES string of the molecule is CCc1nc2ccccc2c(C(=O)OCC(=O)NCC2CCCCC2)c1C. The molecular weight excluding hydrogens is 340 g/mol. The van der Waals surface area contributed by atoms with Gasteiger partial charge in [-0.3, -0.25) is 9.78 Å². The number of carbonyl (C=O) groups is 2. The van der Waals surface area contributed by atoms with Gasteiger partial charge in [0, 0.05) is 17.6 Å². The van der Waals surface area contributed by atoms with Gasteiger partial charge in [0.1, 0.15) is 0 Å². The fraction of sp³-hybridized carbons (Fsp3) is 0.500. The van der Waals surface area contributed by atoms with Crippen LogP contribution in [0.4, 0.5) is 0 Å². The maximum Gasteiger partial charge on any atom is 0.339 e. The zero-order valence-electron chi connectivity index (χ0n) is 16.2. The van der Waals surface area contributed by atoms with Crippen LogP contribution < -0.4 is 5.32 Å². The number of hydrogen-bond acceptors (Lipinski definition) is 4. The van der Waals surface area contributed by atoms with E-state index in [1.54, 1.807) is 0 Å². The van der Waals surface area contributed by atoms with Crippen molar-refractivity contribution < 1.29 is 14.3 Å². The summed E-state index contributed by atoms with van der Waals surface area (Å²) in [5.41, 5.74) is 2.98. The largest absolute Gasteiger partial charge is 0.452 e. The summed E-state index contributed by atoms with van der Waals surface area (Å²) in [6.07, 6.45) is 6.84. The average molecular weight is 368 g/mol. The monoisotopic (exact) mass is 368 g/mol. The molecule has 1 heterocycles. The van der Waals surface area contributed by atoms with Crippen molar-refractivity contribution in [3.8, 4) is 0 Å². The molecule has 1 fully saturated rings. The summed E-state index contributed by atoms with van der Waals surface area (Å²) < 4.78 is 5.34. The molecule has 1 saturated carbocycles. The van der Waals surface area contributed by atoms with E-state index >= 15 is 0 Å². The van der Waals surface area contributed by atoms with Gasteiger partial charge < -0.3 is 10.1 Å². The molecule has 0 saturated heterocycles. The summed E-state index contributed by atoms with van der Waals surface area (Å²) in [5.74, 6) is -0.147.